The third-order valence-corrected chi connectivity index (χ3v) is 5.35. The molecule has 1 aromatic heterocycles. The topological polar surface area (TPSA) is 70.6 Å². The summed E-state index contributed by atoms with van der Waals surface area (Å²) in [5, 5.41) is 3.21. The van der Waals surface area contributed by atoms with Crippen LogP contribution in [0, 0.1) is 13.8 Å². The van der Waals surface area contributed by atoms with Gasteiger partial charge in [0.05, 0.1) is 7.11 Å². The molecule has 2 aromatic carbocycles. The van der Waals surface area contributed by atoms with Gasteiger partial charge in [0.15, 0.2) is 0 Å². The summed E-state index contributed by atoms with van der Waals surface area (Å²) >= 11 is 0. The Balaban J connectivity index is 1.40. The van der Waals surface area contributed by atoms with Crippen LogP contribution in [0.5, 0.6) is 5.75 Å². The van der Waals surface area contributed by atoms with Gasteiger partial charge in [-0.25, -0.2) is 9.97 Å². The molecule has 2 heterocycles. The molecule has 1 saturated heterocycles. The fourth-order valence-electron chi connectivity index (χ4n) is 3.78. The van der Waals surface area contributed by atoms with Crippen molar-refractivity contribution in [3.63, 3.8) is 0 Å². The number of ether oxygens (including phenoxy) is 1. The quantitative estimate of drug-likeness (QED) is 0.681. The summed E-state index contributed by atoms with van der Waals surface area (Å²) in [6.45, 7) is 6.83. The number of anilines is 3. The molecule has 1 aliphatic heterocycles. The van der Waals surface area contributed by atoms with Gasteiger partial charge >= 0.3 is 0 Å². The summed E-state index contributed by atoms with van der Waals surface area (Å²) in [7, 11) is 1.67. The highest BCUT2D eigenvalue weighted by Gasteiger charge is 2.22. The van der Waals surface area contributed by atoms with Crippen LogP contribution in [0.3, 0.4) is 0 Å². The molecule has 0 radical (unpaired) electrons. The Morgan fingerprint density at radius 2 is 1.61 bits per heavy atom. The molecule has 0 spiro atoms. The van der Waals surface area contributed by atoms with E-state index in [1.165, 1.54) is 0 Å². The SMILES string of the molecule is COc1ccc(N2CCN(C(=O)c3cccc(Nc4nc(C)cc(C)n4)c3)CC2)cc1. The van der Waals surface area contributed by atoms with E-state index in [1.807, 2.05) is 61.2 Å². The molecular weight excluding hydrogens is 390 g/mol. The molecule has 4 rings (SSSR count). The first-order valence-electron chi connectivity index (χ1n) is 10.4. The van der Waals surface area contributed by atoms with Gasteiger partial charge in [-0.05, 0) is 62.4 Å². The van der Waals surface area contributed by atoms with Gasteiger partial charge in [-0.1, -0.05) is 6.07 Å². The number of aryl methyl sites for hydroxylation is 2. The normalized spacial score (nSPS) is 13.8. The third kappa shape index (κ3) is 4.94. The van der Waals surface area contributed by atoms with E-state index in [0.29, 0.717) is 24.6 Å². The molecule has 1 amide bonds. The minimum Gasteiger partial charge on any atom is -0.497 e. The van der Waals surface area contributed by atoms with Gasteiger partial charge in [-0.2, -0.15) is 0 Å². The molecule has 160 valence electrons. The smallest absolute Gasteiger partial charge is 0.254 e. The Hall–Kier alpha value is -3.61. The van der Waals surface area contributed by atoms with Crippen molar-refractivity contribution >= 4 is 23.2 Å². The van der Waals surface area contributed by atoms with Gasteiger partial charge in [0.2, 0.25) is 5.95 Å². The molecular formula is C24H27N5O2. The lowest BCUT2D eigenvalue weighted by atomic mass is 10.1. The summed E-state index contributed by atoms with van der Waals surface area (Å²) < 4.78 is 5.23. The maximum atomic E-state index is 13.1. The highest BCUT2D eigenvalue weighted by Crippen LogP contribution is 2.22. The Kier molecular flexibility index (Phi) is 6.02. The second-order valence-corrected chi connectivity index (χ2v) is 7.66. The van der Waals surface area contributed by atoms with Crippen molar-refractivity contribution in [1.29, 1.82) is 0 Å². The lowest BCUT2D eigenvalue weighted by molar-refractivity contribution is 0.0747. The van der Waals surface area contributed by atoms with Crippen LogP contribution in [0.4, 0.5) is 17.3 Å². The Morgan fingerprint density at radius 3 is 2.26 bits per heavy atom. The molecule has 1 N–H and O–H groups in total. The molecule has 1 aliphatic rings. The first-order valence-corrected chi connectivity index (χ1v) is 10.4. The van der Waals surface area contributed by atoms with E-state index in [2.05, 4.69) is 32.3 Å². The molecule has 0 saturated carbocycles. The first kappa shape index (κ1) is 20.7. The Morgan fingerprint density at radius 1 is 0.935 bits per heavy atom. The summed E-state index contributed by atoms with van der Waals surface area (Å²) in [5.41, 5.74) is 4.40. The van der Waals surface area contributed by atoms with Gasteiger partial charge in [0.25, 0.3) is 5.91 Å². The molecule has 1 fully saturated rings. The van der Waals surface area contributed by atoms with Crippen LogP contribution >= 0.6 is 0 Å². The van der Waals surface area contributed by atoms with Gasteiger partial charge < -0.3 is 19.9 Å². The Labute approximate surface area is 182 Å². The van der Waals surface area contributed by atoms with Crippen molar-refractivity contribution in [2.45, 2.75) is 13.8 Å². The number of carbonyl (C=O) groups is 1. The summed E-state index contributed by atoms with van der Waals surface area (Å²) in [4.78, 5) is 26.1. The number of aromatic nitrogens is 2. The van der Waals surface area contributed by atoms with Gasteiger partial charge in [0, 0.05) is 54.5 Å². The zero-order valence-corrected chi connectivity index (χ0v) is 18.1. The van der Waals surface area contributed by atoms with Crippen LogP contribution in [-0.2, 0) is 0 Å². The number of piperazine rings is 1. The van der Waals surface area contributed by atoms with Crippen molar-refractivity contribution in [3.8, 4) is 5.75 Å². The zero-order chi connectivity index (χ0) is 21.8. The van der Waals surface area contributed by atoms with Gasteiger partial charge in [-0.15, -0.1) is 0 Å². The molecule has 0 aliphatic carbocycles. The summed E-state index contributed by atoms with van der Waals surface area (Å²) in [6, 6.07) is 17.5. The van der Waals surface area contributed by atoms with Crippen LogP contribution in [0.2, 0.25) is 0 Å². The highest BCUT2D eigenvalue weighted by molar-refractivity contribution is 5.95. The van der Waals surface area contributed by atoms with Crippen molar-refractivity contribution in [2.75, 3.05) is 43.5 Å². The lowest BCUT2D eigenvalue weighted by Crippen LogP contribution is -2.48. The standard InChI is InChI=1S/C24H27N5O2/c1-17-15-18(2)26-24(25-17)27-20-6-4-5-19(16-20)23(30)29-13-11-28(12-14-29)21-7-9-22(31-3)10-8-21/h4-10,15-16H,11-14H2,1-3H3,(H,25,26,27). The number of hydrogen-bond donors (Lipinski definition) is 1. The number of methoxy groups -OCH3 is 1. The fourth-order valence-corrected chi connectivity index (χ4v) is 3.78. The number of carbonyl (C=O) groups excluding carboxylic acids is 1. The minimum absolute atomic E-state index is 0.0411. The van der Waals surface area contributed by atoms with E-state index in [1.54, 1.807) is 7.11 Å². The third-order valence-electron chi connectivity index (χ3n) is 5.35. The van der Waals surface area contributed by atoms with E-state index < -0.39 is 0 Å². The second kappa shape index (κ2) is 9.04. The van der Waals surface area contributed by atoms with E-state index in [9.17, 15) is 4.79 Å². The monoisotopic (exact) mass is 417 g/mol. The van der Waals surface area contributed by atoms with Crippen molar-refractivity contribution in [3.05, 3.63) is 71.5 Å². The number of nitrogens with one attached hydrogen (secondary N) is 1. The molecule has 0 atom stereocenters. The summed E-state index contributed by atoms with van der Waals surface area (Å²) in [6.07, 6.45) is 0. The number of hydrogen-bond acceptors (Lipinski definition) is 6. The average Bonchev–Trinajstić information content (AvgIpc) is 2.78. The number of amides is 1. The molecule has 31 heavy (non-hydrogen) atoms. The highest BCUT2D eigenvalue weighted by atomic mass is 16.5. The maximum Gasteiger partial charge on any atom is 0.254 e. The van der Waals surface area contributed by atoms with E-state index in [4.69, 9.17) is 4.74 Å². The lowest BCUT2D eigenvalue weighted by Gasteiger charge is -2.36. The minimum atomic E-state index is 0.0411. The van der Waals surface area contributed by atoms with Gasteiger partial charge in [-0.3, -0.25) is 4.79 Å². The first-order chi connectivity index (χ1) is 15.0. The van der Waals surface area contributed by atoms with Crippen molar-refractivity contribution in [2.24, 2.45) is 0 Å². The molecule has 7 heteroatoms. The average molecular weight is 418 g/mol. The number of rotatable bonds is 5. The molecule has 7 nitrogen and oxygen atoms in total. The Bertz CT molecular complexity index is 1040. The number of nitrogens with zero attached hydrogens (tertiary/aromatic N) is 4. The van der Waals surface area contributed by atoms with Crippen LogP contribution in [0.25, 0.3) is 0 Å². The summed E-state index contributed by atoms with van der Waals surface area (Å²) in [5.74, 6) is 1.42. The predicted octanol–water partition coefficient (Wildman–Crippen LogP) is 3.81. The molecule has 0 unspecified atom stereocenters. The second-order valence-electron chi connectivity index (χ2n) is 7.66. The van der Waals surface area contributed by atoms with Crippen LogP contribution in [0.1, 0.15) is 21.7 Å². The predicted molar refractivity (Wildman–Crippen MR) is 122 cm³/mol. The van der Waals surface area contributed by atoms with Crippen molar-refractivity contribution < 1.29 is 9.53 Å². The van der Waals surface area contributed by atoms with Gasteiger partial charge in [0.1, 0.15) is 5.75 Å². The van der Waals surface area contributed by atoms with E-state index >= 15 is 0 Å². The maximum absolute atomic E-state index is 13.1. The largest absolute Gasteiger partial charge is 0.497 e. The van der Waals surface area contributed by atoms with Crippen molar-refractivity contribution in [1.82, 2.24) is 14.9 Å². The van der Waals surface area contributed by atoms with Crippen LogP contribution in [0.15, 0.2) is 54.6 Å². The number of benzene rings is 2. The fraction of sp³-hybridized carbons (Fsp3) is 0.292. The van der Waals surface area contributed by atoms with Crippen LogP contribution in [-0.4, -0.2) is 54.1 Å². The van der Waals surface area contributed by atoms with E-state index in [0.717, 1.165) is 41.6 Å². The molecule has 3 aromatic rings. The molecule has 0 bridgehead atoms. The van der Waals surface area contributed by atoms with E-state index in [-0.39, 0.29) is 5.91 Å². The zero-order valence-electron chi connectivity index (χ0n) is 18.1. The van der Waals surface area contributed by atoms with Crippen LogP contribution < -0.4 is 15.0 Å².